The molecule has 1 aromatic rings. The van der Waals surface area contributed by atoms with Gasteiger partial charge in [-0.3, -0.25) is 9.69 Å². The van der Waals surface area contributed by atoms with Crippen LogP contribution in [0.15, 0.2) is 41.0 Å². The number of amidine groups is 1. The van der Waals surface area contributed by atoms with Crippen molar-refractivity contribution in [1.29, 1.82) is 0 Å². The monoisotopic (exact) mass is 419 g/mol. The summed E-state index contributed by atoms with van der Waals surface area (Å²) in [7, 11) is 0. The Labute approximate surface area is 177 Å². The van der Waals surface area contributed by atoms with Crippen LogP contribution in [0.25, 0.3) is 0 Å². The van der Waals surface area contributed by atoms with Crippen LogP contribution in [0.5, 0.6) is 0 Å². The molecule has 1 aromatic carbocycles. The van der Waals surface area contributed by atoms with Crippen molar-refractivity contribution in [3.63, 3.8) is 0 Å². The summed E-state index contributed by atoms with van der Waals surface area (Å²) in [5, 5.41) is 3.96. The van der Waals surface area contributed by atoms with Gasteiger partial charge in [0, 0.05) is 36.5 Å². The van der Waals surface area contributed by atoms with Crippen LogP contribution < -0.4 is 16.8 Å². The normalized spacial score (nSPS) is 26.9. The summed E-state index contributed by atoms with van der Waals surface area (Å²) in [6, 6.07) is 7.71. The molecule has 0 radical (unpaired) electrons. The molecule has 1 saturated heterocycles. The SMILES string of the molecule is C[C@H]1C[C@@H](N2CCCOC2)CC[C@@H]1N/C=C(/C(N)=O)C(N)=Nc1ccc(Cl)cc1. The summed E-state index contributed by atoms with van der Waals surface area (Å²) in [6.45, 7) is 4.94. The first kappa shape index (κ1) is 21.6. The molecular weight excluding hydrogens is 390 g/mol. The van der Waals surface area contributed by atoms with Gasteiger partial charge in [-0.15, -0.1) is 0 Å². The number of aliphatic imine (C=N–C) groups is 1. The summed E-state index contributed by atoms with van der Waals surface area (Å²) in [4.78, 5) is 18.6. The number of nitrogens with two attached hydrogens (primary N) is 2. The number of rotatable bonds is 6. The molecule has 0 unspecified atom stereocenters. The van der Waals surface area contributed by atoms with Crippen molar-refractivity contribution in [3.8, 4) is 0 Å². The highest BCUT2D eigenvalue weighted by Crippen LogP contribution is 2.29. The van der Waals surface area contributed by atoms with Crippen molar-refractivity contribution < 1.29 is 9.53 Å². The number of primary amides is 1. The lowest BCUT2D eigenvalue weighted by Gasteiger charge is -2.41. The first-order valence-corrected chi connectivity index (χ1v) is 10.5. The Morgan fingerprint density at radius 2 is 2.07 bits per heavy atom. The number of ether oxygens (including phenoxy) is 1. The third-order valence-corrected chi connectivity index (χ3v) is 5.96. The number of hydrogen-bond donors (Lipinski definition) is 3. The van der Waals surface area contributed by atoms with Crippen LogP contribution >= 0.6 is 11.6 Å². The third kappa shape index (κ3) is 5.95. The Hall–Kier alpha value is -2.09. The zero-order valence-corrected chi connectivity index (χ0v) is 17.6. The van der Waals surface area contributed by atoms with E-state index in [1.54, 1.807) is 30.5 Å². The second-order valence-electron chi connectivity index (χ2n) is 7.82. The third-order valence-electron chi connectivity index (χ3n) is 5.71. The van der Waals surface area contributed by atoms with Crippen molar-refractivity contribution in [1.82, 2.24) is 10.2 Å². The van der Waals surface area contributed by atoms with Gasteiger partial charge in [-0.05, 0) is 55.9 Å². The van der Waals surface area contributed by atoms with Crippen LogP contribution in [0, 0.1) is 5.92 Å². The maximum atomic E-state index is 11.9. The largest absolute Gasteiger partial charge is 0.387 e. The molecule has 1 amide bonds. The minimum absolute atomic E-state index is 0.0825. The number of hydrogen-bond acceptors (Lipinski definition) is 5. The van der Waals surface area contributed by atoms with Gasteiger partial charge in [0.1, 0.15) is 5.84 Å². The average Bonchev–Trinajstić information content (AvgIpc) is 2.71. The van der Waals surface area contributed by atoms with E-state index in [2.05, 4.69) is 22.1 Å². The minimum atomic E-state index is -0.612. The Morgan fingerprint density at radius 3 is 2.69 bits per heavy atom. The molecule has 7 nitrogen and oxygen atoms in total. The van der Waals surface area contributed by atoms with Gasteiger partial charge in [-0.1, -0.05) is 18.5 Å². The molecule has 3 atom stereocenters. The fourth-order valence-electron chi connectivity index (χ4n) is 4.03. The first-order chi connectivity index (χ1) is 13.9. The van der Waals surface area contributed by atoms with Gasteiger partial charge in [-0.2, -0.15) is 0 Å². The standard InChI is InChI=1S/C21H30ClN5O2/c1-14-11-17(27-9-2-10-29-13-27)7-8-19(14)25-12-18(21(24)28)20(23)26-16-5-3-15(22)4-6-16/h3-6,12,14,17,19,25H,2,7-11,13H2,1H3,(H2,23,26)(H2,24,28)/b18-12+/t14-,17-,19-/m0/s1. The van der Waals surface area contributed by atoms with E-state index < -0.39 is 5.91 Å². The van der Waals surface area contributed by atoms with Crippen molar-refractivity contribution in [2.45, 2.75) is 44.7 Å². The molecule has 1 saturated carbocycles. The Morgan fingerprint density at radius 1 is 1.31 bits per heavy atom. The number of nitrogens with one attached hydrogen (secondary N) is 1. The topological polar surface area (TPSA) is 106 Å². The lowest BCUT2D eigenvalue weighted by Crippen LogP contribution is -2.48. The van der Waals surface area contributed by atoms with E-state index in [4.69, 9.17) is 27.8 Å². The molecule has 2 fully saturated rings. The van der Waals surface area contributed by atoms with E-state index in [1.807, 2.05) is 0 Å². The molecule has 158 valence electrons. The summed E-state index contributed by atoms with van der Waals surface area (Å²) in [5.41, 5.74) is 12.4. The zero-order valence-electron chi connectivity index (χ0n) is 16.8. The predicted octanol–water partition coefficient (Wildman–Crippen LogP) is 2.52. The molecule has 8 heteroatoms. The van der Waals surface area contributed by atoms with Crippen molar-refractivity contribution in [2.24, 2.45) is 22.4 Å². The highest BCUT2D eigenvalue weighted by atomic mass is 35.5. The lowest BCUT2D eigenvalue weighted by molar-refractivity contribution is -0.114. The van der Waals surface area contributed by atoms with Gasteiger partial charge >= 0.3 is 0 Å². The van der Waals surface area contributed by atoms with Gasteiger partial charge in [0.2, 0.25) is 0 Å². The quantitative estimate of drug-likeness (QED) is 0.373. The van der Waals surface area contributed by atoms with Gasteiger partial charge in [0.05, 0.1) is 18.0 Å². The fourth-order valence-corrected chi connectivity index (χ4v) is 4.15. The number of benzene rings is 1. The molecule has 5 N–H and O–H groups in total. The van der Waals surface area contributed by atoms with E-state index in [9.17, 15) is 4.79 Å². The van der Waals surface area contributed by atoms with Gasteiger partial charge < -0.3 is 21.5 Å². The Bertz CT molecular complexity index is 759. The summed E-state index contributed by atoms with van der Waals surface area (Å²) in [5.74, 6) is -0.0749. The van der Waals surface area contributed by atoms with Crippen molar-refractivity contribution in [3.05, 3.63) is 41.1 Å². The molecular formula is C21H30ClN5O2. The Kier molecular flexibility index (Phi) is 7.52. The second-order valence-corrected chi connectivity index (χ2v) is 8.25. The number of carbonyl (C=O) groups excluding carboxylic acids is 1. The van der Waals surface area contributed by atoms with Gasteiger partial charge in [0.15, 0.2) is 0 Å². The average molecular weight is 420 g/mol. The van der Waals surface area contributed by atoms with E-state index in [0.717, 1.165) is 45.6 Å². The number of amides is 1. The summed E-state index contributed by atoms with van der Waals surface area (Å²) >= 11 is 5.89. The molecule has 0 spiro atoms. The summed E-state index contributed by atoms with van der Waals surface area (Å²) < 4.78 is 5.60. The lowest BCUT2D eigenvalue weighted by atomic mass is 9.82. The van der Waals surface area contributed by atoms with Gasteiger partial charge in [-0.25, -0.2) is 4.99 Å². The van der Waals surface area contributed by atoms with Crippen LogP contribution in [0.1, 0.15) is 32.6 Å². The fraction of sp³-hybridized carbons (Fsp3) is 0.524. The molecule has 0 aromatic heterocycles. The number of halogens is 1. The van der Waals surface area contributed by atoms with E-state index in [-0.39, 0.29) is 17.5 Å². The molecule has 1 heterocycles. The van der Waals surface area contributed by atoms with Crippen molar-refractivity contribution in [2.75, 3.05) is 19.9 Å². The van der Waals surface area contributed by atoms with Crippen LogP contribution in [0.3, 0.4) is 0 Å². The smallest absolute Gasteiger partial charge is 0.253 e. The molecule has 0 bridgehead atoms. The molecule has 1 aliphatic carbocycles. The first-order valence-electron chi connectivity index (χ1n) is 10.1. The van der Waals surface area contributed by atoms with Gasteiger partial charge in [0.25, 0.3) is 5.91 Å². The highest BCUT2D eigenvalue weighted by molar-refractivity contribution is 6.30. The maximum Gasteiger partial charge on any atom is 0.253 e. The van der Waals surface area contributed by atoms with E-state index in [1.165, 1.54) is 0 Å². The molecule has 3 rings (SSSR count). The maximum absolute atomic E-state index is 11.9. The van der Waals surface area contributed by atoms with Crippen molar-refractivity contribution >= 4 is 29.0 Å². The van der Waals surface area contributed by atoms with E-state index >= 15 is 0 Å². The van der Waals surface area contributed by atoms with E-state index in [0.29, 0.717) is 22.7 Å². The molecule has 29 heavy (non-hydrogen) atoms. The zero-order chi connectivity index (χ0) is 20.8. The van der Waals surface area contributed by atoms with Crippen LogP contribution in [-0.2, 0) is 9.53 Å². The highest BCUT2D eigenvalue weighted by Gasteiger charge is 2.31. The predicted molar refractivity (Wildman–Crippen MR) is 116 cm³/mol. The Balaban J connectivity index is 1.62. The molecule has 2 aliphatic rings. The molecule has 1 aliphatic heterocycles. The number of nitrogens with zero attached hydrogens (tertiary/aromatic N) is 2. The van der Waals surface area contributed by atoms with Crippen LogP contribution in [0.2, 0.25) is 5.02 Å². The summed E-state index contributed by atoms with van der Waals surface area (Å²) in [6.07, 6.45) is 5.92. The minimum Gasteiger partial charge on any atom is -0.387 e. The van der Waals surface area contributed by atoms with Crippen LogP contribution in [0.4, 0.5) is 5.69 Å². The van der Waals surface area contributed by atoms with Crippen LogP contribution in [-0.4, -0.2) is 48.6 Å². The number of carbonyl (C=O) groups is 1. The second kappa shape index (κ2) is 10.1.